The van der Waals surface area contributed by atoms with E-state index in [0.29, 0.717) is 6.61 Å². The van der Waals surface area contributed by atoms with Crippen LogP contribution < -0.4 is 14.2 Å². The Morgan fingerprint density at radius 1 is 0.833 bits per heavy atom. The van der Waals surface area contributed by atoms with Crippen LogP contribution in [0, 0.1) is 0 Å². The lowest BCUT2D eigenvalue weighted by Gasteiger charge is -2.16. The minimum absolute atomic E-state index is 0.711. The zero-order chi connectivity index (χ0) is 17.6. The van der Waals surface area contributed by atoms with Crippen LogP contribution in [0.25, 0.3) is 0 Å². The first kappa shape index (κ1) is 21.4. The van der Waals surface area contributed by atoms with Gasteiger partial charge in [0, 0.05) is 0 Å². The number of methoxy groups -OCH3 is 2. The number of aryl methyl sites for hydroxylation is 1. The summed E-state index contributed by atoms with van der Waals surface area (Å²) in [4.78, 5) is 0. The standard InChI is InChI=1S/C20H33IO3/c1-4-5-6-11-14-24-20-18(22-2)15-17(16-19(20)23-3)12-9-7-8-10-13-21/h15-16H,4-14H2,1-3H3. The van der Waals surface area contributed by atoms with Crippen molar-refractivity contribution in [1.82, 2.24) is 0 Å². The van der Waals surface area contributed by atoms with Crippen molar-refractivity contribution in [2.45, 2.75) is 64.7 Å². The lowest BCUT2D eigenvalue weighted by Crippen LogP contribution is -2.02. The van der Waals surface area contributed by atoms with Gasteiger partial charge in [0.25, 0.3) is 0 Å². The van der Waals surface area contributed by atoms with E-state index >= 15 is 0 Å². The monoisotopic (exact) mass is 448 g/mol. The van der Waals surface area contributed by atoms with E-state index in [-0.39, 0.29) is 0 Å². The van der Waals surface area contributed by atoms with Gasteiger partial charge in [-0.3, -0.25) is 0 Å². The Morgan fingerprint density at radius 3 is 2.04 bits per heavy atom. The van der Waals surface area contributed by atoms with Crippen molar-refractivity contribution in [1.29, 1.82) is 0 Å². The van der Waals surface area contributed by atoms with E-state index in [1.54, 1.807) is 14.2 Å². The van der Waals surface area contributed by atoms with E-state index < -0.39 is 0 Å². The normalized spacial score (nSPS) is 10.7. The average molecular weight is 448 g/mol. The SMILES string of the molecule is CCCCCCOc1c(OC)cc(CCCCCCI)cc1OC. The molecule has 1 rings (SSSR count). The van der Waals surface area contributed by atoms with Crippen molar-refractivity contribution < 1.29 is 14.2 Å². The second-order valence-electron chi connectivity index (χ2n) is 6.09. The Morgan fingerprint density at radius 2 is 1.46 bits per heavy atom. The van der Waals surface area contributed by atoms with Crippen LogP contribution >= 0.6 is 22.6 Å². The molecule has 0 fully saturated rings. The number of hydrogen-bond donors (Lipinski definition) is 0. The molecule has 0 bridgehead atoms. The molecule has 138 valence electrons. The first-order valence-corrected chi connectivity index (χ1v) is 10.7. The molecule has 0 saturated heterocycles. The molecule has 0 aromatic heterocycles. The average Bonchev–Trinajstić information content (AvgIpc) is 2.61. The molecule has 0 aliphatic rings. The number of ether oxygens (including phenoxy) is 3. The van der Waals surface area contributed by atoms with Crippen LogP contribution in [-0.4, -0.2) is 25.3 Å². The van der Waals surface area contributed by atoms with E-state index in [0.717, 1.165) is 30.1 Å². The number of benzene rings is 1. The third-order valence-corrected chi connectivity index (χ3v) is 4.88. The number of alkyl halides is 1. The summed E-state index contributed by atoms with van der Waals surface area (Å²) in [7, 11) is 3.39. The summed E-state index contributed by atoms with van der Waals surface area (Å²) < 4.78 is 18.3. The van der Waals surface area contributed by atoms with Gasteiger partial charge in [-0.05, 0) is 47.8 Å². The number of hydrogen-bond acceptors (Lipinski definition) is 3. The zero-order valence-corrected chi connectivity index (χ0v) is 17.7. The summed E-state index contributed by atoms with van der Waals surface area (Å²) in [6.07, 6.45) is 10.9. The molecule has 0 atom stereocenters. The Bertz CT molecular complexity index is 424. The molecule has 0 unspecified atom stereocenters. The summed E-state index contributed by atoms with van der Waals surface area (Å²) in [5.41, 5.74) is 1.26. The van der Waals surface area contributed by atoms with Crippen molar-refractivity contribution in [3.8, 4) is 17.2 Å². The van der Waals surface area contributed by atoms with Crippen LogP contribution in [-0.2, 0) is 6.42 Å². The first-order valence-electron chi connectivity index (χ1n) is 9.20. The van der Waals surface area contributed by atoms with Crippen molar-refractivity contribution >= 4 is 22.6 Å². The van der Waals surface area contributed by atoms with Gasteiger partial charge < -0.3 is 14.2 Å². The number of unbranched alkanes of at least 4 members (excludes halogenated alkanes) is 6. The largest absolute Gasteiger partial charge is 0.493 e. The second kappa shape index (κ2) is 13.6. The Hall–Kier alpha value is -0.650. The van der Waals surface area contributed by atoms with E-state index in [1.165, 1.54) is 54.9 Å². The fourth-order valence-electron chi connectivity index (χ4n) is 2.70. The molecule has 1 aromatic carbocycles. The molecule has 0 spiro atoms. The Balaban J connectivity index is 2.63. The topological polar surface area (TPSA) is 27.7 Å². The van der Waals surface area contributed by atoms with Crippen LogP contribution in [0.1, 0.15) is 63.9 Å². The van der Waals surface area contributed by atoms with Crippen LogP contribution in [0.4, 0.5) is 0 Å². The third kappa shape index (κ3) is 7.95. The summed E-state index contributed by atoms with van der Waals surface area (Å²) in [6.45, 7) is 2.93. The van der Waals surface area contributed by atoms with Crippen molar-refractivity contribution in [2.24, 2.45) is 0 Å². The van der Waals surface area contributed by atoms with Gasteiger partial charge in [0.05, 0.1) is 20.8 Å². The van der Waals surface area contributed by atoms with Crippen LogP contribution in [0.5, 0.6) is 17.2 Å². The molecule has 3 nitrogen and oxygen atoms in total. The van der Waals surface area contributed by atoms with Crippen LogP contribution in [0.15, 0.2) is 12.1 Å². The lowest BCUT2D eigenvalue weighted by atomic mass is 10.1. The molecule has 0 N–H and O–H groups in total. The molecular weight excluding hydrogens is 415 g/mol. The predicted molar refractivity (Wildman–Crippen MR) is 110 cm³/mol. The number of rotatable bonds is 14. The molecule has 0 radical (unpaired) electrons. The van der Waals surface area contributed by atoms with Crippen LogP contribution in [0.2, 0.25) is 0 Å². The molecule has 24 heavy (non-hydrogen) atoms. The van der Waals surface area contributed by atoms with Gasteiger partial charge in [-0.25, -0.2) is 0 Å². The second-order valence-corrected chi connectivity index (χ2v) is 7.17. The van der Waals surface area contributed by atoms with Crippen molar-refractivity contribution in [3.05, 3.63) is 17.7 Å². The smallest absolute Gasteiger partial charge is 0.203 e. The highest BCUT2D eigenvalue weighted by Gasteiger charge is 2.14. The lowest BCUT2D eigenvalue weighted by molar-refractivity contribution is 0.267. The highest BCUT2D eigenvalue weighted by Crippen LogP contribution is 2.39. The molecule has 0 aliphatic heterocycles. The summed E-state index contributed by atoms with van der Waals surface area (Å²) in [5.74, 6) is 2.31. The van der Waals surface area contributed by atoms with E-state index in [1.807, 2.05) is 0 Å². The van der Waals surface area contributed by atoms with Gasteiger partial charge in [-0.2, -0.15) is 0 Å². The molecule has 0 aliphatic carbocycles. The minimum atomic E-state index is 0.711. The van der Waals surface area contributed by atoms with E-state index in [9.17, 15) is 0 Å². The molecule has 1 aromatic rings. The highest BCUT2D eigenvalue weighted by atomic mass is 127. The fraction of sp³-hybridized carbons (Fsp3) is 0.700. The quantitative estimate of drug-likeness (QED) is 0.193. The maximum Gasteiger partial charge on any atom is 0.203 e. The van der Waals surface area contributed by atoms with E-state index in [4.69, 9.17) is 14.2 Å². The van der Waals surface area contributed by atoms with E-state index in [2.05, 4.69) is 41.6 Å². The highest BCUT2D eigenvalue weighted by molar-refractivity contribution is 14.1. The summed E-state index contributed by atoms with van der Waals surface area (Å²) in [5, 5.41) is 0. The van der Waals surface area contributed by atoms with Crippen molar-refractivity contribution in [2.75, 3.05) is 25.3 Å². The number of halogens is 1. The maximum absolute atomic E-state index is 5.96. The maximum atomic E-state index is 5.96. The zero-order valence-electron chi connectivity index (χ0n) is 15.5. The minimum Gasteiger partial charge on any atom is -0.493 e. The molecular formula is C20H33IO3. The van der Waals surface area contributed by atoms with Crippen molar-refractivity contribution in [3.63, 3.8) is 0 Å². The van der Waals surface area contributed by atoms with Gasteiger partial charge in [0.15, 0.2) is 11.5 Å². The molecule has 0 saturated carbocycles. The van der Waals surface area contributed by atoms with Gasteiger partial charge in [0.2, 0.25) is 5.75 Å². The third-order valence-electron chi connectivity index (χ3n) is 4.11. The van der Waals surface area contributed by atoms with Gasteiger partial charge in [-0.15, -0.1) is 0 Å². The summed E-state index contributed by atoms with van der Waals surface area (Å²) >= 11 is 2.44. The molecule has 0 heterocycles. The first-order chi connectivity index (χ1) is 11.8. The fourth-order valence-corrected chi connectivity index (χ4v) is 3.24. The Kier molecular flexibility index (Phi) is 12.1. The molecule has 0 amide bonds. The van der Waals surface area contributed by atoms with Gasteiger partial charge >= 0.3 is 0 Å². The van der Waals surface area contributed by atoms with Gasteiger partial charge in [0.1, 0.15) is 0 Å². The predicted octanol–water partition coefficient (Wildman–Crippen LogP) is 6.20. The van der Waals surface area contributed by atoms with Crippen LogP contribution in [0.3, 0.4) is 0 Å². The Labute approximate surface area is 161 Å². The van der Waals surface area contributed by atoms with Gasteiger partial charge in [-0.1, -0.05) is 61.6 Å². The summed E-state index contributed by atoms with van der Waals surface area (Å²) in [6, 6.07) is 4.20. The molecule has 4 heteroatoms.